The molecule has 0 heterocycles. The van der Waals surface area contributed by atoms with Crippen LogP contribution in [0.3, 0.4) is 0 Å². The average Bonchev–Trinajstić information content (AvgIpc) is 2.17. The van der Waals surface area contributed by atoms with Crippen molar-refractivity contribution in [3.05, 3.63) is 30.1 Å². The maximum Gasteiger partial charge on any atom is 0.165 e. The molecule has 0 radical (unpaired) electrons. The number of halogens is 1. The summed E-state index contributed by atoms with van der Waals surface area (Å²) in [5.74, 6) is -0.196. The Kier molecular flexibility index (Phi) is 4.40. The first-order chi connectivity index (χ1) is 6.74. The molecule has 14 heavy (non-hydrogen) atoms. The summed E-state index contributed by atoms with van der Waals surface area (Å²) in [6.45, 7) is 2.13. The number of rotatable bonds is 5. The van der Waals surface area contributed by atoms with Crippen molar-refractivity contribution in [2.45, 2.75) is 25.9 Å². The third-order valence-electron chi connectivity index (χ3n) is 1.89. The van der Waals surface area contributed by atoms with Crippen molar-refractivity contribution in [3.8, 4) is 5.75 Å². The zero-order valence-electron chi connectivity index (χ0n) is 8.24. The summed E-state index contributed by atoms with van der Waals surface area (Å²) in [5, 5.41) is 9.35. The third-order valence-corrected chi connectivity index (χ3v) is 1.89. The van der Waals surface area contributed by atoms with Gasteiger partial charge in [0.2, 0.25) is 0 Å². The molecule has 0 saturated carbocycles. The van der Waals surface area contributed by atoms with Crippen LogP contribution in [-0.2, 0) is 0 Å². The Morgan fingerprint density at radius 3 is 2.79 bits per heavy atom. The number of para-hydroxylation sites is 1. The van der Waals surface area contributed by atoms with Crippen molar-refractivity contribution in [2.75, 3.05) is 6.61 Å². The quantitative estimate of drug-likeness (QED) is 0.787. The van der Waals surface area contributed by atoms with Crippen LogP contribution in [0.5, 0.6) is 5.75 Å². The summed E-state index contributed by atoms with van der Waals surface area (Å²) >= 11 is 0. The summed E-state index contributed by atoms with van der Waals surface area (Å²) in [5.41, 5.74) is 0. The molecule has 78 valence electrons. The largest absolute Gasteiger partial charge is 0.488 e. The molecule has 0 fully saturated rings. The molecule has 1 N–H and O–H groups in total. The van der Waals surface area contributed by atoms with Crippen LogP contribution < -0.4 is 4.74 Å². The second-order valence-corrected chi connectivity index (χ2v) is 3.18. The van der Waals surface area contributed by atoms with Crippen LogP contribution in [0.1, 0.15) is 19.8 Å². The molecule has 0 spiro atoms. The zero-order valence-corrected chi connectivity index (χ0v) is 8.24. The van der Waals surface area contributed by atoms with Gasteiger partial charge in [0.1, 0.15) is 6.61 Å². The Morgan fingerprint density at radius 2 is 2.14 bits per heavy atom. The Morgan fingerprint density at radius 1 is 1.43 bits per heavy atom. The standard InChI is InChI=1S/C11H15FO2/c1-2-5-9(13)8-14-11-7-4-3-6-10(11)12/h3-4,6-7,9,13H,2,5,8H2,1H3. The van der Waals surface area contributed by atoms with Crippen molar-refractivity contribution in [3.63, 3.8) is 0 Å². The fraction of sp³-hybridized carbons (Fsp3) is 0.455. The first-order valence-corrected chi connectivity index (χ1v) is 4.79. The molecule has 0 amide bonds. The van der Waals surface area contributed by atoms with Gasteiger partial charge >= 0.3 is 0 Å². The highest BCUT2D eigenvalue weighted by atomic mass is 19.1. The topological polar surface area (TPSA) is 29.5 Å². The van der Waals surface area contributed by atoms with Gasteiger partial charge in [-0.25, -0.2) is 4.39 Å². The molecule has 3 heteroatoms. The van der Waals surface area contributed by atoms with Gasteiger partial charge in [0.05, 0.1) is 6.10 Å². The number of benzene rings is 1. The summed E-state index contributed by atoms with van der Waals surface area (Å²) in [6.07, 6.45) is 1.05. The predicted octanol–water partition coefficient (Wildman–Crippen LogP) is 2.37. The van der Waals surface area contributed by atoms with E-state index >= 15 is 0 Å². The van der Waals surface area contributed by atoms with E-state index < -0.39 is 11.9 Å². The predicted molar refractivity (Wildman–Crippen MR) is 52.8 cm³/mol. The van der Waals surface area contributed by atoms with Crippen LogP contribution in [0.4, 0.5) is 4.39 Å². The molecule has 0 aliphatic rings. The molecule has 1 atom stereocenters. The average molecular weight is 198 g/mol. The van der Waals surface area contributed by atoms with Crippen molar-refractivity contribution < 1.29 is 14.2 Å². The minimum atomic E-state index is -0.514. The van der Waals surface area contributed by atoms with Gasteiger partial charge in [-0.3, -0.25) is 0 Å². The second-order valence-electron chi connectivity index (χ2n) is 3.18. The van der Waals surface area contributed by atoms with Gasteiger partial charge in [-0.15, -0.1) is 0 Å². The Balaban J connectivity index is 2.41. The fourth-order valence-electron chi connectivity index (χ4n) is 1.16. The van der Waals surface area contributed by atoms with E-state index in [2.05, 4.69) is 0 Å². The van der Waals surface area contributed by atoms with Crippen LogP contribution in [-0.4, -0.2) is 17.8 Å². The Bertz CT molecular complexity index is 276. The number of aliphatic hydroxyl groups excluding tert-OH is 1. The highest BCUT2D eigenvalue weighted by Crippen LogP contribution is 2.15. The molecule has 1 aromatic rings. The molecule has 1 aromatic carbocycles. The lowest BCUT2D eigenvalue weighted by molar-refractivity contribution is 0.0972. The van der Waals surface area contributed by atoms with Crippen LogP contribution in [0.15, 0.2) is 24.3 Å². The van der Waals surface area contributed by atoms with E-state index in [1.807, 2.05) is 6.92 Å². The van der Waals surface area contributed by atoms with Gasteiger partial charge < -0.3 is 9.84 Å². The highest BCUT2D eigenvalue weighted by molar-refractivity contribution is 5.23. The molecule has 0 bridgehead atoms. The van der Waals surface area contributed by atoms with Gasteiger partial charge in [-0.05, 0) is 18.6 Å². The van der Waals surface area contributed by atoms with Gasteiger partial charge in [0.15, 0.2) is 11.6 Å². The van der Waals surface area contributed by atoms with Crippen LogP contribution >= 0.6 is 0 Å². The van der Waals surface area contributed by atoms with E-state index in [1.54, 1.807) is 18.2 Å². The summed E-state index contributed by atoms with van der Waals surface area (Å²) in [4.78, 5) is 0. The van der Waals surface area contributed by atoms with Gasteiger partial charge in [0, 0.05) is 0 Å². The Labute approximate surface area is 83.3 Å². The van der Waals surface area contributed by atoms with Gasteiger partial charge in [0.25, 0.3) is 0 Å². The minimum absolute atomic E-state index is 0.148. The smallest absolute Gasteiger partial charge is 0.165 e. The van der Waals surface area contributed by atoms with E-state index in [4.69, 9.17) is 4.74 Å². The van der Waals surface area contributed by atoms with E-state index in [9.17, 15) is 9.50 Å². The number of ether oxygens (including phenoxy) is 1. The van der Waals surface area contributed by atoms with Crippen LogP contribution in [0.2, 0.25) is 0 Å². The van der Waals surface area contributed by atoms with Crippen LogP contribution in [0, 0.1) is 5.82 Å². The molecule has 1 rings (SSSR count). The van der Waals surface area contributed by atoms with Crippen molar-refractivity contribution >= 4 is 0 Å². The Hall–Kier alpha value is -1.09. The van der Waals surface area contributed by atoms with Gasteiger partial charge in [-0.2, -0.15) is 0 Å². The molecule has 0 aliphatic carbocycles. The molecule has 0 saturated heterocycles. The zero-order chi connectivity index (χ0) is 10.4. The first-order valence-electron chi connectivity index (χ1n) is 4.79. The van der Waals surface area contributed by atoms with E-state index in [0.29, 0.717) is 6.42 Å². The third kappa shape index (κ3) is 3.34. The van der Waals surface area contributed by atoms with E-state index in [-0.39, 0.29) is 12.4 Å². The highest BCUT2D eigenvalue weighted by Gasteiger charge is 2.06. The molecule has 0 aromatic heterocycles. The SMILES string of the molecule is CCCC(O)COc1ccccc1F. The van der Waals surface area contributed by atoms with Gasteiger partial charge in [-0.1, -0.05) is 25.5 Å². The monoisotopic (exact) mass is 198 g/mol. The molecule has 1 unspecified atom stereocenters. The first kappa shape index (κ1) is 11.0. The fourth-order valence-corrected chi connectivity index (χ4v) is 1.16. The lowest BCUT2D eigenvalue weighted by Crippen LogP contribution is -2.17. The molecule has 2 nitrogen and oxygen atoms in total. The van der Waals surface area contributed by atoms with E-state index in [0.717, 1.165) is 6.42 Å². The normalized spacial score (nSPS) is 12.5. The van der Waals surface area contributed by atoms with Crippen molar-refractivity contribution in [1.82, 2.24) is 0 Å². The summed E-state index contributed by atoms with van der Waals surface area (Å²) < 4.78 is 18.1. The lowest BCUT2D eigenvalue weighted by atomic mass is 10.2. The second kappa shape index (κ2) is 5.60. The maximum atomic E-state index is 13.0. The molecular formula is C11H15FO2. The number of hydrogen-bond donors (Lipinski definition) is 1. The molecular weight excluding hydrogens is 183 g/mol. The number of aliphatic hydroxyl groups is 1. The molecule has 0 aliphatic heterocycles. The summed E-state index contributed by atoms with van der Waals surface area (Å²) in [7, 11) is 0. The maximum absolute atomic E-state index is 13.0. The lowest BCUT2D eigenvalue weighted by Gasteiger charge is -2.11. The van der Waals surface area contributed by atoms with Crippen LogP contribution in [0.25, 0.3) is 0 Å². The van der Waals surface area contributed by atoms with Crippen molar-refractivity contribution in [1.29, 1.82) is 0 Å². The minimum Gasteiger partial charge on any atom is -0.488 e. The van der Waals surface area contributed by atoms with E-state index in [1.165, 1.54) is 6.07 Å². The van der Waals surface area contributed by atoms with Crippen molar-refractivity contribution in [2.24, 2.45) is 0 Å². The summed E-state index contributed by atoms with van der Waals surface area (Å²) in [6, 6.07) is 6.19. The number of hydrogen-bond acceptors (Lipinski definition) is 2.